The predicted molar refractivity (Wildman–Crippen MR) is 129 cm³/mol. The zero-order chi connectivity index (χ0) is 22.7. The molecule has 0 spiro atoms. The van der Waals surface area contributed by atoms with Gasteiger partial charge in [-0.1, -0.05) is 71.2 Å². The molecule has 4 aromatic rings. The first-order valence-electron chi connectivity index (χ1n) is 9.88. The summed E-state index contributed by atoms with van der Waals surface area (Å²) < 4.78 is 0. The molecule has 1 aromatic heterocycles. The monoisotopic (exact) mass is 484 g/mol. The van der Waals surface area contributed by atoms with Crippen molar-refractivity contribution in [2.24, 2.45) is 0 Å². The van der Waals surface area contributed by atoms with Crippen LogP contribution >= 0.6 is 34.8 Å². The molecule has 1 heterocycles. The summed E-state index contributed by atoms with van der Waals surface area (Å²) in [7, 11) is 0. The number of amides is 1. The molecule has 162 valence electrons. The zero-order valence-corrected chi connectivity index (χ0v) is 19.4. The molecule has 0 atom stereocenters. The number of nitrogens with one attached hydrogen (secondary N) is 1. The summed E-state index contributed by atoms with van der Waals surface area (Å²) in [6.07, 6.45) is 0. The van der Waals surface area contributed by atoms with Crippen LogP contribution in [-0.4, -0.2) is 20.9 Å². The van der Waals surface area contributed by atoms with E-state index >= 15 is 0 Å². The van der Waals surface area contributed by atoms with Crippen LogP contribution in [-0.2, 0) is 17.9 Å². The molecule has 3 aromatic carbocycles. The van der Waals surface area contributed by atoms with Gasteiger partial charge in [-0.05, 0) is 48.4 Å². The molecule has 0 unspecified atom stereocenters. The average molecular weight is 486 g/mol. The van der Waals surface area contributed by atoms with Crippen LogP contribution in [0.25, 0.3) is 22.5 Å². The number of nitrogens with zero attached hydrogens (tertiary/aromatic N) is 3. The highest BCUT2D eigenvalue weighted by molar-refractivity contribution is 6.36. The van der Waals surface area contributed by atoms with Crippen molar-refractivity contribution >= 4 is 40.7 Å². The Hall–Kier alpha value is -2.86. The molecule has 0 saturated heterocycles. The van der Waals surface area contributed by atoms with Crippen molar-refractivity contribution in [3.63, 3.8) is 0 Å². The van der Waals surface area contributed by atoms with E-state index in [1.807, 2.05) is 43.3 Å². The second-order valence-corrected chi connectivity index (χ2v) is 8.54. The Bertz CT molecular complexity index is 1270. The molecule has 4 rings (SSSR count). The highest BCUT2D eigenvalue weighted by Gasteiger charge is 2.19. The van der Waals surface area contributed by atoms with E-state index in [0.717, 1.165) is 16.7 Å². The summed E-state index contributed by atoms with van der Waals surface area (Å²) >= 11 is 18.5. The van der Waals surface area contributed by atoms with Crippen LogP contribution in [0.4, 0.5) is 0 Å². The van der Waals surface area contributed by atoms with Gasteiger partial charge in [-0.3, -0.25) is 4.79 Å². The Balaban J connectivity index is 1.62. The van der Waals surface area contributed by atoms with Crippen LogP contribution in [0.15, 0.2) is 66.7 Å². The standard InChI is InChI=1S/C24H19Cl3N4O/c1-15-4-2-3-5-17(15)13-28-22(32)14-31-29-23(16-6-8-18(25)9-7-16)24(30-31)20-11-10-19(26)12-21(20)27/h2-12H,13-14H2,1H3,(H,28,32). The van der Waals surface area contributed by atoms with E-state index in [-0.39, 0.29) is 12.5 Å². The fourth-order valence-electron chi connectivity index (χ4n) is 3.27. The lowest BCUT2D eigenvalue weighted by Crippen LogP contribution is -2.28. The lowest BCUT2D eigenvalue weighted by atomic mass is 10.1. The molecule has 1 amide bonds. The third-order valence-electron chi connectivity index (χ3n) is 4.98. The van der Waals surface area contributed by atoms with Gasteiger partial charge < -0.3 is 5.32 Å². The van der Waals surface area contributed by atoms with Crippen LogP contribution in [0.5, 0.6) is 0 Å². The fourth-order valence-corrected chi connectivity index (χ4v) is 3.89. The minimum atomic E-state index is -0.195. The molecule has 0 bridgehead atoms. The third-order valence-corrected chi connectivity index (χ3v) is 5.78. The van der Waals surface area contributed by atoms with Crippen molar-refractivity contribution in [1.29, 1.82) is 0 Å². The number of hydrogen-bond acceptors (Lipinski definition) is 3. The lowest BCUT2D eigenvalue weighted by molar-refractivity contribution is -0.122. The highest BCUT2D eigenvalue weighted by Crippen LogP contribution is 2.35. The van der Waals surface area contributed by atoms with Crippen LogP contribution in [0.3, 0.4) is 0 Å². The number of carbonyl (C=O) groups excluding carboxylic acids is 1. The Morgan fingerprint density at radius 1 is 0.906 bits per heavy atom. The lowest BCUT2D eigenvalue weighted by Gasteiger charge is -2.07. The maximum absolute atomic E-state index is 12.6. The summed E-state index contributed by atoms with van der Waals surface area (Å²) in [4.78, 5) is 13.9. The average Bonchev–Trinajstić information content (AvgIpc) is 3.17. The first-order chi connectivity index (χ1) is 15.4. The summed E-state index contributed by atoms with van der Waals surface area (Å²) in [5.74, 6) is -0.195. The predicted octanol–water partition coefficient (Wildman–Crippen LogP) is 6.20. The number of rotatable bonds is 6. The summed E-state index contributed by atoms with van der Waals surface area (Å²) in [6.45, 7) is 2.42. The molecule has 0 aliphatic heterocycles. The van der Waals surface area contributed by atoms with Gasteiger partial charge in [0.15, 0.2) is 0 Å². The van der Waals surface area contributed by atoms with Crippen LogP contribution < -0.4 is 5.32 Å². The Morgan fingerprint density at radius 2 is 1.59 bits per heavy atom. The van der Waals surface area contributed by atoms with E-state index in [4.69, 9.17) is 34.8 Å². The number of benzene rings is 3. The number of carbonyl (C=O) groups is 1. The second kappa shape index (κ2) is 9.74. The van der Waals surface area contributed by atoms with Gasteiger partial charge >= 0.3 is 0 Å². The number of halogens is 3. The maximum Gasteiger partial charge on any atom is 0.243 e. The minimum Gasteiger partial charge on any atom is -0.350 e. The van der Waals surface area contributed by atoms with Crippen molar-refractivity contribution in [2.75, 3.05) is 0 Å². The van der Waals surface area contributed by atoms with Gasteiger partial charge in [0.25, 0.3) is 0 Å². The van der Waals surface area contributed by atoms with Crippen molar-refractivity contribution in [1.82, 2.24) is 20.3 Å². The van der Waals surface area contributed by atoms with Gasteiger partial charge in [0.2, 0.25) is 5.91 Å². The molecule has 5 nitrogen and oxygen atoms in total. The van der Waals surface area contributed by atoms with Crippen LogP contribution in [0.1, 0.15) is 11.1 Å². The molecule has 0 saturated carbocycles. The van der Waals surface area contributed by atoms with Crippen molar-refractivity contribution in [3.05, 3.63) is 92.9 Å². The minimum absolute atomic E-state index is 0.0301. The Kier molecular flexibility index (Phi) is 6.80. The fraction of sp³-hybridized carbons (Fsp3) is 0.125. The topological polar surface area (TPSA) is 59.8 Å². The van der Waals surface area contributed by atoms with Gasteiger partial charge in [0.05, 0.1) is 5.02 Å². The molecule has 0 aliphatic carbocycles. The largest absolute Gasteiger partial charge is 0.350 e. The van der Waals surface area contributed by atoms with E-state index in [2.05, 4.69) is 15.5 Å². The van der Waals surface area contributed by atoms with Crippen molar-refractivity contribution in [3.8, 4) is 22.5 Å². The normalized spacial score (nSPS) is 10.9. The quantitative estimate of drug-likeness (QED) is 0.354. The number of hydrogen-bond donors (Lipinski definition) is 1. The van der Waals surface area contributed by atoms with Gasteiger partial charge in [0, 0.05) is 27.7 Å². The molecule has 1 N–H and O–H groups in total. The second-order valence-electron chi connectivity index (χ2n) is 7.26. The molecular formula is C24H19Cl3N4O. The zero-order valence-electron chi connectivity index (χ0n) is 17.1. The molecule has 0 aliphatic rings. The van der Waals surface area contributed by atoms with Crippen LogP contribution in [0, 0.1) is 6.92 Å². The van der Waals surface area contributed by atoms with Gasteiger partial charge in [-0.25, -0.2) is 0 Å². The van der Waals surface area contributed by atoms with Crippen LogP contribution in [0.2, 0.25) is 15.1 Å². The van der Waals surface area contributed by atoms with E-state index in [1.54, 1.807) is 30.3 Å². The molecule has 0 fully saturated rings. The first-order valence-corrected chi connectivity index (χ1v) is 11.0. The SMILES string of the molecule is Cc1ccccc1CNC(=O)Cn1nc(-c2ccc(Cl)cc2)c(-c2ccc(Cl)cc2Cl)n1. The Morgan fingerprint density at radius 3 is 2.31 bits per heavy atom. The van der Waals surface area contributed by atoms with Crippen molar-refractivity contribution in [2.45, 2.75) is 20.0 Å². The van der Waals surface area contributed by atoms with E-state index in [0.29, 0.717) is 38.6 Å². The number of aryl methyl sites for hydroxylation is 1. The summed E-state index contributed by atoms with van der Waals surface area (Å²) in [6, 6.07) is 20.3. The highest BCUT2D eigenvalue weighted by atomic mass is 35.5. The number of aromatic nitrogens is 3. The summed E-state index contributed by atoms with van der Waals surface area (Å²) in [5, 5.41) is 13.6. The smallest absolute Gasteiger partial charge is 0.243 e. The van der Waals surface area contributed by atoms with Gasteiger partial charge in [-0.15, -0.1) is 0 Å². The van der Waals surface area contributed by atoms with Gasteiger partial charge in [0.1, 0.15) is 17.9 Å². The van der Waals surface area contributed by atoms with E-state index in [9.17, 15) is 4.79 Å². The molecular weight excluding hydrogens is 467 g/mol. The molecule has 32 heavy (non-hydrogen) atoms. The Labute approximate surface area is 200 Å². The first kappa shape index (κ1) is 22.3. The van der Waals surface area contributed by atoms with E-state index in [1.165, 1.54) is 4.80 Å². The third kappa shape index (κ3) is 5.13. The van der Waals surface area contributed by atoms with Gasteiger partial charge in [-0.2, -0.15) is 15.0 Å². The van der Waals surface area contributed by atoms with E-state index < -0.39 is 0 Å². The molecule has 8 heteroatoms. The van der Waals surface area contributed by atoms with Crippen molar-refractivity contribution < 1.29 is 4.79 Å². The molecule has 0 radical (unpaired) electrons. The summed E-state index contributed by atoms with van der Waals surface area (Å²) in [5.41, 5.74) is 4.81. The maximum atomic E-state index is 12.6.